The summed E-state index contributed by atoms with van der Waals surface area (Å²) in [5, 5.41) is 3.29. The van der Waals surface area contributed by atoms with Crippen molar-refractivity contribution in [2.45, 2.75) is 19.8 Å². The first-order chi connectivity index (χ1) is 9.60. The zero-order chi connectivity index (χ0) is 14.5. The van der Waals surface area contributed by atoms with Gasteiger partial charge in [0.15, 0.2) is 0 Å². The van der Waals surface area contributed by atoms with Crippen molar-refractivity contribution in [3.63, 3.8) is 0 Å². The summed E-state index contributed by atoms with van der Waals surface area (Å²) in [5.74, 6) is -0.303. The summed E-state index contributed by atoms with van der Waals surface area (Å²) in [6, 6.07) is 9.20. The van der Waals surface area contributed by atoms with E-state index >= 15 is 0 Å². The fourth-order valence-corrected chi connectivity index (χ4v) is 2.18. The number of halogens is 2. The van der Waals surface area contributed by atoms with Gasteiger partial charge in [-0.05, 0) is 30.2 Å². The van der Waals surface area contributed by atoms with Crippen molar-refractivity contribution in [3.8, 4) is 0 Å². The summed E-state index contributed by atoms with van der Waals surface area (Å²) in [7, 11) is 0. The topological polar surface area (TPSA) is 42.0 Å². The molecule has 1 heterocycles. The first kappa shape index (κ1) is 14.8. The van der Waals surface area contributed by atoms with Gasteiger partial charge in [-0.3, -0.25) is 4.79 Å². The Morgan fingerprint density at radius 2 is 1.95 bits per heavy atom. The van der Waals surface area contributed by atoms with Crippen LogP contribution in [-0.4, -0.2) is 10.9 Å². The van der Waals surface area contributed by atoms with Crippen LogP contribution >= 0.6 is 23.2 Å². The largest absolute Gasteiger partial charge is 0.322 e. The molecule has 1 aromatic heterocycles. The molecule has 1 N–H and O–H groups in total. The Morgan fingerprint density at radius 1 is 1.25 bits per heavy atom. The average Bonchev–Trinajstić information content (AvgIpc) is 2.44. The van der Waals surface area contributed by atoms with Crippen molar-refractivity contribution in [1.29, 1.82) is 0 Å². The second kappa shape index (κ2) is 6.73. The minimum atomic E-state index is -0.303. The number of aromatic nitrogens is 1. The second-order valence-corrected chi connectivity index (χ2v) is 5.18. The van der Waals surface area contributed by atoms with Crippen LogP contribution in [0.2, 0.25) is 10.2 Å². The van der Waals surface area contributed by atoms with E-state index in [4.69, 9.17) is 23.2 Å². The van der Waals surface area contributed by atoms with Crippen molar-refractivity contribution in [1.82, 2.24) is 4.98 Å². The molecular weight excluding hydrogens is 295 g/mol. The van der Waals surface area contributed by atoms with Crippen molar-refractivity contribution < 1.29 is 4.79 Å². The van der Waals surface area contributed by atoms with Gasteiger partial charge >= 0.3 is 0 Å². The number of carbonyl (C=O) groups is 1. The molecule has 0 saturated carbocycles. The molecule has 0 spiro atoms. The molecule has 1 amide bonds. The van der Waals surface area contributed by atoms with Gasteiger partial charge in [-0.25, -0.2) is 4.98 Å². The number of aryl methyl sites for hydroxylation is 1. The fraction of sp³-hybridized carbons (Fsp3) is 0.200. The summed E-state index contributed by atoms with van der Waals surface area (Å²) < 4.78 is 0. The lowest BCUT2D eigenvalue weighted by atomic mass is 10.1. The molecular formula is C15H14Cl2N2O. The zero-order valence-corrected chi connectivity index (χ0v) is 12.5. The molecule has 0 aliphatic rings. The van der Waals surface area contributed by atoms with E-state index < -0.39 is 0 Å². The molecule has 0 atom stereocenters. The first-order valence-corrected chi connectivity index (χ1v) is 7.07. The molecule has 0 radical (unpaired) electrons. The highest BCUT2D eigenvalue weighted by atomic mass is 35.5. The minimum Gasteiger partial charge on any atom is -0.322 e. The third-order valence-electron chi connectivity index (χ3n) is 2.82. The fourth-order valence-electron chi connectivity index (χ4n) is 1.83. The number of carbonyl (C=O) groups excluding carboxylic acids is 1. The van der Waals surface area contributed by atoms with Gasteiger partial charge in [-0.1, -0.05) is 48.7 Å². The van der Waals surface area contributed by atoms with Gasteiger partial charge < -0.3 is 5.32 Å². The number of hydrogen-bond donors (Lipinski definition) is 1. The van der Waals surface area contributed by atoms with Crippen molar-refractivity contribution in [2.75, 3.05) is 5.32 Å². The van der Waals surface area contributed by atoms with Crippen molar-refractivity contribution in [3.05, 3.63) is 57.8 Å². The highest BCUT2D eigenvalue weighted by Gasteiger charge is 2.11. The summed E-state index contributed by atoms with van der Waals surface area (Å²) in [4.78, 5) is 15.9. The average molecular weight is 309 g/mol. The van der Waals surface area contributed by atoms with Gasteiger partial charge in [-0.2, -0.15) is 0 Å². The smallest absolute Gasteiger partial charge is 0.257 e. The van der Waals surface area contributed by atoms with Gasteiger partial charge in [0.2, 0.25) is 0 Å². The van der Waals surface area contributed by atoms with Gasteiger partial charge in [0.1, 0.15) is 5.15 Å². The highest BCUT2D eigenvalue weighted by Crippen LogP contribution is 2.20. The zero-order valence-electron chi connectivity index (χ0n) is 11.0. The molecule has 5 heteroatoms. The monoisotopic (exact) mass is 308 g/mol. The van der Waals surface area contributed by atoms with Gasteiger partial charge in [0, 0.05) is 11.9 Å². The molecule has 20 heavy (non-hydrogen) atoms. The van der Waals surface area contributed by atoms with Gasteiger partial charge in [-0.15, -0.1) is 0 Å². The van der Waals surface area contributed by atoms with Crippen LogP contribution in [-0.2, 0) is 6.42 Å². The number of nitrogens with zero attached hydrogens (tertiary/aromatic N) is 1. The van der Waals surface area contributed by atoms with E-state index in [1.165, 1.54) is 17.8 Å². The molecule has 1 aromatic carbocycles. The molecule has 3 nitrogen and oxygen atoms in total. The van der Waals surface area contributed by atoms with E-state index in [1.807, 2.05) is 24.3 Å². The molecule has 0 bridgehead atoms. The maximum atomic E-state index is 12.1. The van der Waals surface area contributed by atoms with Crippen molar-refractivity contribution in [2.24, 2.45) is 0 Å². The highest BCUT2D eigenvalue weighted by molar-refractivity contribution is 6.35. The van der Waals surface area contributed by atoms with E-state index in [1.54, 1.807) is 0 Å². The molecule has 0 fully saturated rings. The Hall–Kier alpha value is -1.58. The van der Waals surface area contributed by atoms with Gasteiger partial charge in [0.25, 0.3) is 5.91 Å². The summed E-state index contributed by atoms with van der Waals surface area (Å²) in [5.41, 5.74) is 2.28. The summed E-state index contributed by atoms with van der Waals surface area (Å²) >= 11 is 11.7. The van der Waals surface area contributed by atoms with Crippen LogP contribution < -0.4 is 5.32 Å². The van der Waals surface area contributed by atoms with Crippen LogP contribution in [0.5, 0.6) is 0 Å². The Labute approximate surface area is 127 Å². The number of anilines is 1. The van der Waals surface area contributed by atoms with Crippen LogP contribution in [0.25, 0.3) is 0 Å². The van der Waals surface area contributed by atoms with E-state index in [0.29, 0.717) is 5.56 Å². The van der Waals surface area contributed by atoms with Crippen LogP contribution in [0.4, 0.5) is 5.69 Å². The first-order valence-electron chi connectivity index (χ1n) is 6.31. The predicted octanol–water partition coefficient (Wildman–Crippen LogP) is 4.59. The predicted molar refractivity (Wildman–Crippen MR) is 82.6 cm³/mol. The van der Waals surface area contributed by atoms with Crippen LogP contribution in [0, 0.1) is 0 Å². The number of amides is 1. The van der Waals surface area contributed by atoms with E-state index in [9.17, 15) is 4.79 Å². The molecule has 0 aliphatic heterocycles. The number of pyridine rings is 1. The molecule has 0 aliphatic carbocycles. The quantitative estimate of drug-likeness (QED) is 0.839. The molecule has 2 rings (SSSR count). The SMILES string of the molecule is CCCc1ccc(NC(=O)c2cc(Cl)ncc2Cl)cc1. The lowest BCUT2D eigenvalue weighted by molar-refractivity contribution is 0.102. The molecule has 0 saturated heterocycles. The number of nitrogens with one attached hydrogen (secondary N) is 1. The Balaban J connectivity index is 2.13. The molecule has 104 valence electrons. The summed E-state index contributed by atoms with van der Waals surface area (Å²) in [6.45, 7) is 2.13. The lowest BCUT2D eigenvalue weighted by Gasteiger charge is -2.07. The maximum absolute atomic E-state index is 12.1. The second-order valence-electron chi connectivity index (χ2n) is 4.39. The number of hydrogen-bond acceptors (Lipinski definition) is 2. The van der Waals surface area contributed by atoms with Crippen LogP contribution in [0.15, 0.2) is 36.5 Å². The normalized spacial score (nSPS) is 10.3. The molecule has 0 unspecified atom stereocenters. The van der Waals surface area contributed by atoms with Crippen LogP contribution in [0.3, 0.4) is 0 Å². The van der Waals surface area contributed by atoms with E-state index in [2.05, 4.69) is 17.2 Å². The van der Waals surface area contributed by atoms with E-state index in [0.717, 1.165) is 18.5 Å². The van der Waals surface area contributed by atoms with Gasteiger partial charge in [0.05, 0.1) is 10.6 Å². The standard InChI is InChI=1S/C15H14Cl2N2O/c1-2-3-10-4-6-11(7-5-10)19-15(20)12-8-14(17)18-9-13(12)16/h4-9H,2-3H2,1H3,(H,19,20). The van der Waals surface area contributed by atoms with Crippen molar-refractivity contribution >= 4 is 34.8 Å². The minimum absolute atomic E-state index is 0.234. The third-order valence-corrected chi connectivity index (χ3v) is 3.32. The Morgan fingerprint density at radius 3 is 2.60 bits per heavy atom. The number of rotatable bonds is 4. The lowest BCUT2D eigenvalue weighted by Crippen LogP contribution is -2.12. The van der Waals surface area contributed by atoms with Crippen LogP contribution in [0.1, 0.15) is 29.3 Å². The molecule has 2 aromatic rings. The Kier molecular flexibility index (Phi) is 4.99. The maximum Gasteiger partial charge on any atom is 0.257 e. The van der Waals surface area contributed by atoms with E-state index in [-0.39, 0.29) is 16.1 Å². The number of benzene rings is 1. The third kappa shape index (κ3) is 3.71. The Bertz CT molecular complexity index is 612. The summed E-state index contributed by atoms with van der Waals surface area (Å²) in [6.07, 6.45) is 3.49.